The number of carbonyl (C=O) groups is 1. The number of hydrogen-bond acceptors (Lipinski definition) is 5. The molecule has 7 heteroatoms. The van der Waals surface area contributed by atoms with E-state index in [1.807, 2.05) is 17.5 Å². The van der Waals surface area contributed by atoms with Gasteiger partial charge in [0.2, 0.25) is 5.91 Å². The van der Waals surface area contributed by atoms with Crippen LogP contribution in [-0.4, -0.2) is 67.7 Å². The summed E-state index contributed by atoms with van der Waals surface area (Å²) in [4.78, 5) is 18.4. The number of amides is 1. The van der Waals surface area contributed by atoms with Crippen molar-refractivity contribution in [3.05, 3.63) is 58.0 Å². The number of nitrogens with zero attached hydrogens (tertiary/aromatic N) is 2. The maximum atomic E-state index is 13.3. The monoisotopic (exact) mass is 447 g/mol. The van der Waals surface area contributed by atoms with E-state index in [9.17, 15) is 9.18 Å². The highest BCUT2D eigenvalue weighted by atomic mass is 32.1. The molecule has 0 spiro atoms. The molecule has 1 unspecified atom stereocenters. The summed E-state index contributed by atoms with van der Waals surface area (Å²) in [6.45, 7) is 10.3. The van der Waals surface area contributed by atoms with Crippen LogP contribution >= 0.6 is 11.3 Å². The van der Waals surface area contributed by atoms with Crippen LogP contribution in [-0.2, 0) is 9.53 Å². The average Bonchev–Trinajstić information content (AvgIpc) is 3.32. The summed E-state index contributed by atoms with van der Waals surface area (Å²) in [6, 6.07) is 10.1. The fourth-order valence-corrected chi connectivity index (χ4v) is 4.76. The van der Waals surface area contributed by atoms with Crippen molar-refractivity contribution >= 4 is 17.2 Å². The fourth-order valence-electron chi connectivity index (χ4n) is 3.96. The minimum Gasteiger partial charge on any atom is -0.377 e. The molecule has 31 heavy (non-hydrogen) atoms. The summed E-state index contributed by atoms with van der Waals surface area (Å²) in [7, 11) is 0. The SMILES string of the molecule is CCN(CC)CCOC1CCN(CC(=O)NC(c2ccc(F)cc2)c2cccs2)CC1. The lowest BCUT2D eigenvalue weighted by Crippen LogP contribution is -2.44. The highest BCUT2D eigenvalue weighted by Crippen LogP contribution is 2.26. The quantitative estimate of drug-likeness (QED) is 0.567. The first kappa shape index (κ1) is 23.9. The highest BCUT2D eigenvalue weighted by Gasteiger charge is 2.23. The van der Waals surface area contributed by atoms with Gasteiger partial charge in [0.15, 0.2) is 0 Å². The van der Waals surface area contributed by atoms with Gasteiger partial charge in [-0.2, -0.15) is 0 Å². The van der Waals surface area contributed by atoms with Gasteiger partial charge in [-0.1, -0.05) is 32.0 Å². The lowest BCUT2D eigenvalue weighted by atomic mass is 10.0. The second-order valence-electron chi connectivity index (χ2n) is 7.94. The Balaban J connectivity index is 1.46. The Labute approximate surface area is 189 Å². The average molecular weight is 448 g/mol. The molecule has 1 aliphatic rings. The van der Waals surface area contributed by atoms with Crippen molar-refractivity contribution in [1.29, 1.82) is 0 Å². The van der Waals surface area contributed by atoms with E-state index in [1.165, 1.54) is 12.1 Å². The largest absolute Gasteiger partial charge is 0.377 e. The zero-order valence-electron chi connectivity index (χ0n) is 18.6. The van der Waals surface area contributed by atoms with Gasteiger partial charge in [-0.3, -0.25) is 9.69 Å². The summed E-state index contributed by atoms with van der Waals surface area (Å²) in [5, 5.41) is 5.13. The molecule has 1 fully saturated rings. The lowest BCUT2D eigenvalue weighted by molar-refractivity contribution is -0.123. The molecule has 170 valence electrons. The summed E-state index contributed by atoms with van der Waals surface area (Å²) in [6.07, 6.45) is 2.20. The number of halogens is 1. The van der Waals surface area contributed by atoms with Crippen molar-refractivity contribution in [3.63, 3.8) is 0 Å². The molecule has 1 aromatic carbocycles. The molecule has 0 radical (unpaired) electrons. The number of hydrogen-bond donors (Lipinski definition) is 1. The van der Waals surface area contributed by atoms with Crippen LogP contribution in [0.4, 0.5) is 4.39 Å². The Morgan fingerprint density at radius 3 is 2.55 bits per heavy atom. The van der Waals surface area contributed by atoms with Crippen LogP contribution < -0.4 is 5.32 Å². The van der Waals surface area contributed by atoms with Gasteiger partial charge < -0.3 is 15.0 Å². The number of thiophene rings is 1. The Morgan fingerprint density at radius 1 is 1.23 bits per heavy atom. The Kier molecular flexibility index (Phi) is 9.46. The lowest BCUT2D eigenvalue weighted by Gasteiger charge is -2.32. The van der Waals surface area contributed by atoms with Crippen LogP contribution in [0, 0.1) is 5.82 Å². The first-order chi connectivity index (χ1) is 15.1. The van der Waals surface area contributed by atoms with Crippen LogP contribution in [0.3, 0.4) is 0 Å². The number of nitrogens with one attached hydrogen (secondary N) is 1. The van der Waals surface area contributed by atoms with Crippen molar-refractivity contribution in [1.82, 2.24) is 15.1 Å². The smallest absolute Gasteiger partial charge is 0.234 e. The minimum absolute atomic E-state index is 0.0105. The first-order valence-corrected chi connectivity index (χ1v) is 12.1. The predicted octanol–water partition coefficient (Wildman–Crippen LogP) is 3.92. The van der Waals surface area contributed by atoms with Crippen molar-refractivity contribution in [3.8, 4) is 0 Å². The molecule has 0 saturated carbocycles. The van der Waals surface area contributed by atoms with E-state index in [4.69, 9.17) is 4.74 Å². The minimum atomic E-state index is -0.276. The Bertz CT molecular complexity index is 773. The molecular weight excluding hydrogens is 413 g/mol. The Hall–Kier alpha value is -1.80. The highest BCUT2D eigenvalue weighted by molar-refractivity contribution is 7.10. The number of likely N-dealkylation sites (N-methyl/N-ethyl adjacent to an activating group) is 1. The molecule has 5 nitrogen and oxygen atoms in total. The van der Waals surface area contributed by atoms with Crippen molar-refractivity contribution in [2.45, 2.75) is 38.8 Å². The van der Waals surface area contributed by atoms with E-state index in [0.717, 1.165) is 62.6 Å². The summed E-state index contributed by atoms with van der Waals surface area (Å²) in [5.41, 5.74) is 0.887. The molecule has 3 rings (SSSR count). The van der Waals surface area contributed by atoms with Gasteiger partial charge in [0.05, 0.1) is 25.3 Å². The van der Waals surface area contributed by atoms with Crippen LogP contribution in [0.1, 0.15) is 43.2 Å². The molecule has 2 heterocycles. The van der Waals surface area contributed by atoms with Crippen molar-refractivity contribution < 1.29 is 13.9 Å². The molecule has 1 aliphatic heterocycles. The molecule has 0 bridgehead atoms. The standard InChI is InChI=1S/C24H34FN3O2S/c1-3-27(4-2)15-16-30-21-11-13-28(14-12-21)18-23(29)26-24(22-6-5-17-31-22)19-7-9-20(25)10-8-19/h5-10,17,21,24H,3-4,11-16,18H2,1-2H3,(H,26,29). The molecule has 1 aromatic heterocycles. The number of piperidine rings is 1. The third-order valence-electron chi connectivity index (χ3n) is 5.89. The number of benzene rings is 1. The van der Waals surface area contributed by atoms with E-state index >= 15 is 0 Å². The van der Waals surface area contributed by atoms with Gasteiger partial charge >= 0.3 is 0 Å². The molecule has 0 aliphatic carbocycles. The second kappa shape index (κ2) is 12.3. The van der Waals surface area contributed by atoms with Crippen LogP contribution in [0.25, 0.3) is 0 Å². The first-order valence-electron chi connectivity index (χ1n) is 11.2. The van der Waals surface area contributed by atoms with E-state index in [2.05, 4.69) is 29.0 Å². The van der Waals surface area contributed by atoms with Gasteiger partial charge in [0, 0.05) is 24.5 Å². The van der Waals surface area contributed by atoms with E-state index < -0.39 is 0 Å². The van der Waals surface area contributed by atoms with E-state index in [0.29, 0.717) is 6.54 Å². The van der Waals surface area contributed by atoms with Gasteiger partial charge in [0.1, 0.15) is 5.82 Å². The summed E-state index contributed by atoms with van der Waals surface area (Å²) in [5.74, 6) is -0.286. The predicted molar refractivity (Wildman–Crippen MR) is 124 cm³/mol. The summed E-state index contributed by atoms with van der Waals surface area (Å²) >= 11 is 1.59. The normalized spacial score (nSPS) is 16.5. The number of likely N-dealkylation sites (tertiary alicyclic amines) is 1. The molecule has 2 aromatic rings. The number of rotatable bonds is 11. The van der Waals surface area contributed by atoms with Crippen LogP contribution in [0.5, 0.6) is 0 Å². The van der Waals surface area contributed by atoms with E-state index in [-0.39, 0.29) is 23.9 Å². The molecule has 1 saturated heterocycles. The zero-order chi connectivity index (χ0) is 22.1. The van der Waals surface area contributed by atoms with Crippen LogP contribution in [0.2, 0.25) is 0 Å². The third-order valence-corrected chi connectivity index (χ3v) is 6.83. The topological polar surface area (TPSA) is 44.8 Å². The maximum Gasteiger partial charge on any atom is 0.234 e. The molecule has 1 amide bonds. The Morgan fingerprint density at radius 2 is 1.94 bits per heavy atom. The zero-order valence-corrected chi connectivity index (χ0v) is 19.4. The summed E-state index contributed by atoms with van der Waals surface area (Å²) < 4.78 is 19.4. The molecule has 1 N–H and O–H groups in total. The fraction of sp³-hybridized carbons (Fsp3) is 0.542. The van der Waals surface area contributed by atoms with E-state index in [1.54, 1.807) is 23.5 Å². The van der Waals surface area contributed by atoms with Gasteiger partial charge in [0.25, 0.3) is 0 Å². The van der Waals surface area contributed by atoms with Gasteiger partial charge in [-0.15, -0.1) is 11.3 Å². The molecule has 1 atom stereocenters. The number of ether oxygens (including phenoxy) is 1. The third kappa shape index (κ3) is 7.38. The van der Waals surface area contributed by atoms with Crippen LogP contribution in [0.15, 0.2) is 41.8 Å². The van der Waals surface area contributed by atoms with Gasteiger partial charge in [-0.25, -0.2) is 4.39 Å². The molecular formula is C24H34FN3O2S. The van der Waals surface area contributed by atoms with Crippen molar-refractivity contribution in [2.75, 3.05) is 45.9 Å². The maximum absolute atomic E-state index is 13.3. The second-order valence-corrected chi connectivity index (χ2v) is 8.92. The van der Waals surface area contributed by atoms with Gasteiger partial charge in [-0.05, 0) is 55.1 Å². The van der Waals surface area contributed by atoms with Crippen molar-refractivity contribution in [2.24, 2.45) is 0 Å². The number of carbonyl (C=O) groups excluding carboxylic acids is 1.